The summed E-state index contributed by atoms with van der Waals surface area (Å²) in [4.78, 5) is 0. The Balaban J connectivity index is 1.78. The van der Waals surface area contributed by atoms with Gasteiger partial charge < -0.3 is 4.57 Å². The van der Waals surface area contributed by atoms with Crippen LogP contribution < -0.4 is 16.4 Å². The molecule has 0 bridgehead atoms. The van der Waals surface area contributed by atoms with Crippen LogP contribution in [0.1, 0.15) is 5.56 Å². The molecule has 27 heavy (non-hydrogen) atoms. The molecule has 0 spiro atoms. The van der Waals surface area contributed by atoms with E-state index in [2.05, 4.69) is 90.4 Å². The van der Waals surface area contributed by atoms with Crippen molar-refractivity contribution in [2.45, 2.75) is 6.92 Å². The first kappa shape index (κ1) is 13.9. The summed E-state index contributed by atoms with van der Waals surface area (Å²) in [6, 6.07) is 29.4. The van der Waals surface area contributed by atoms with Crippen molar-refractivity contribution in [3.63, 3.8) is 0 Å². The average molecular weight is 341 g/mol. The van der Waals surface area contributed by atoms with Crippen LogP contribution in [-0.2, 0) is 0 Å². The summed E-state index contributed by atoms with van der Waals surface area (Å²) in [6.45, 7) is 2.52. The summed E-state index contributed by atoms with van der Waals surface area (Å²) < 4.78 is 2.51. The molecule has 1 aromatic heterocycles. The van der Waals surface area contributed by atoms with E-state index in [0.717, 1.165) is 0 Å². The minimum Gasteiger partial charge on any atom is -0.310 e. The number of fused-ring (bicyclic) bond motifs is 8. The lowest BCUT2D eigenvalue weighted by molar-refractivity contribution is 1.19. The third kappa shape index (κ3) is 1.50. The Hall–Kier alpha value is -3.26. The van der Waals surface area contributed by atoms with Crippen LogP contribution in [-0.4, -0.2) is 11.3 Å². The molecule has 0 radical (unpaired) electrons. The molecule has 2 aliphatic rings. The molecule has 0 unspecified atom stereocenters. The second-order valence-corrected chi connectivity index (χ2v) is 7.86. The molecule has 0 saturated heterocycles. The molecule has 0 N–H and O–H groups in total. The minimum atomic E-state index is 0.342. The monoisotopic (exact) mass is 341 g/mol. The largest absolute Gasteiger partial charge is 0.310 e. The Morgan fingerprint density at radius 3 is 2.48 bits per heavy atom. The Morgan fingerprint density at radius 1 is 0.704 bits per heavy atom. The van der Waals surface area contributed by atoms with Gasteiger partial charge in [-0.25, -0.2) is 0 Å². The van der Waals surface area contributed by atoms with Crippen LogP contribution in [0.5, 0.6) is 0 Å². The van der Waals surface area contributed by atoms with Crippen LogP contribution in [0.15, 0.2) is 78.9 Å². The highest BCUT2D eigenvalue weighted by molar-refractivity contribution is 7.01. The molecule has 0 atom stereocenters. The van der Waals surface area contributed by atoms with Crippen molar-refractivity contribution in [3.8, 4) is 16.8 Å². The molecular formula is C25H16BN. The summed E-state index contributed by atoms with van der Waals surface area (Å²) >= 11 is 0. The van der Waals surface area contributed by atoms with E-state index in [-0.39, 0.29) is 0 Å². The standard InChI is InChI=1S/C25H16BN/c1-15-12-13-17-19-8-4-10-21-25(19)27(23(17)14-15)22-11-5-7-18-16-6-2-3-9-20(16)26(21)24(18)22/h2-14H,1H3. The van der Waals surface area contributed by atoms with E-state index < -0.39 is 0 Å². The lowest BCUT2D eigenvalue weighted by atomic mass is 9.37. The predicted molar refractivity (Wildman–Crippen MR) is 116 cm³/mol. The van der Waals surface area contributed by atoms with E-state index in [9.17, 15) is 0 Å². The molecule has 5 aromatic rings. The van der Waals surface area contributed by atoms with Gasteiger partial charge in [0.05, 0.1) is 5.52 Å². The number of para-hydroxylation sites is 1. The van der Waals surface area contributed by atoms with Crippen molar-refractivity contribution in [3.05, 3.63) is 84.4 Å². The predicted octanol–water partition coefficient (Wildman–Crippen LogP) is 3.90. The SMILES string of the molecule is Cc1ccc2c3cccc4c3n(c2c1)-c1cccc2c1B4c1ccccc1-2. The summed E-state index contributed by atoms with van der Waals surface area (Å²) in [5, 5.41) is 2.71. The zero-order valence-electron chi connectivity index (χ0n) is 15.0. The Kier molecular flexibility index (Phi) is 2.33. The van der Waals surface area contributed by atoms with Crippen molar-refractivity contribution < 1.29 is 0 Å². The number of nitrogens with zero attached hydrogens (tertiary/aromatic N) is 1. The maximum Gasteiger partial charge on any atom is 0.248 e. The summed E-state index contributed by atoms with van der Waals surface area (Å²) in [7, 11) is 0. The van der Waals surface area contributed by atoms with Gasteiger partial charge in [-0.1, -0.05) is 72.2 Å². The highest BCUT2D eigenvalue weighted by atomic mass is 15.0. The molecule has 0 saturated carbocycles. The van der Waals surface area contributed by atoms with E-state index in [1.54, 1.807) is 0 Å². The van der Waals surface area contributed by atoms with Gasteiger partial charge in [0.15, 0.2) is 0 Å². The van der Waals surface area contributed by atoms with E-state index in [1.807, 2.05) is 0 Å². The molecule has 0 aliphatic carbocycles. The zero-order valence-corrected chi connectivity index (χ0v) is 15.0. The smallest absolute Gasteiger partial charge is 0.248 e. The summed E-state index contributed by atoms with van der Waals surface area (Å²) in [5.74, 6) is 0. The second-order valence-electron chi connectivity index (χ2n) is 7.86. The number of benzene rings is 4. The van der Waals surface area contributed by atoms with E-state index in [0.29, 0.717) is 6.71 Å². The second kappa shape index (κ2) is 4.53. The summed E-state index contributed by atoms with van der Waals surface area (Å²) in [6.07, 6.45) is 0. The normalized spacial score (nSPS) is 13.3. The van der Waals surface area contributed by atoms with E-state index >= 15 is 0 Å². The molecule has 7 rings (SSSR count). The van der Waals surface area contributed by atoms with Crippen LogP contribution >= 0.6 is 0 Å². The molecular weight excluding hydrogens is 325 g/mol. The molecule has 3 heterocycles. The highest BCUT2D eigenvalue weighted by Crippen LogP contribution is 2.36. The number of hydrogen-bond acceptors (Lipinski definition) is 0. The van der Waals surface area contributed by atoms with Gasteiger partial charge in [-0.2, -0.15) is 0 Å². The number of aromatic nitrogens is 1. The van der Waals surface area contributed by atoms with Gasteiger partial charge in [0, 0.05) is 22.0 Å². The van der Waals surface area contributed by atoms with Crippen LogP contribution in [0.3, 0.4) is 0 Å². The van der Waals surface area contributed by atoms with Gasteiger partial charge in [-0.15, -0.1) is 0 Å². The quantitative estimate of drug-likeness (QED) is 0.369. The Bertz CT molecular complexity index is 1440. The topological polar surface area (TPSA) is 4.93 Å². The van der Waals surface area contributed by atoms with Crippen molar-refractivity contribution in [2.75, 3.05) is 0 Å². The zero-order chi connectivity index (χ0) is 17.7. The molecule has 4 aromatic carbocycles. The molecule has 2 heteroatoms. The van der Waals surface area contributed by atoms with Crippen molar-refractivity contribution in [1.29, 1.82) is 0 Å². The molecule has 1 nitrogen and oxygen atoms in total. The van der Waals surface area contributed by atoms with Crippen molar-refractivity contribution in [1.82, 2.24) is 4.57 Å². The van der Waals surface area contributed by atoms with Gasteiger partial charge in [0.25, 0.3) is 0 Å². The molecule has 2 aliphatic heterocycles. The minimum absolute atomic E-state index is 0.342. The van der Waals surface area contributed by atoms with Crippen molar-refractivity contribution in [2.24, 2.45) is 0 Å². The van der Waals surface area contributed by atoms with E-state index in [1.165, 1.54) is 60.6 Å². The average Bonchev–Trinajstić information content (AvgIpc) is 3.21. The molecule has 0 amide bonds. The van der Waals surface area contributed by atoms with Crippen molar-refractivity contribution >= 4 is 44.9 Å². The van der Waals surface area contributed by atoms with Gasteiger partial charge in [-0.3, -0.25) is 0 Å². The van der Waals surface area contributed by atoms with Gasteiger partial charge in [-0.05, 0) is 46.7 Å². The maximum atomic E-state index is 2.51. The third-order valence-electron chi connectivity index (χ3n) is 6.46. The highest BCUT2D eigenvalue weighted by Gasteiger charge is 2.40. The number of hydrogen-bond donors (Lipinski definition) is 0. The molecule has 0 fully saturated rings. The van der Waals surface area contributed by atoms with Gasteiger partial charge in [0.2, 0.25) is 6.71 Å². The van der Waals surface area contributed by atoms with Crippen LogP contribution in [0.2, 0.25) is 0 Å². The lowest BCUT2D eigenvalue weighted by Crippen LogP contribution is -2.53. The maximum absolute atomic E-state index is 2.51. The van der Waals surface area contributed by atoms with E-state index in [4.69, 9.17) is 0 Å². The van der Waals surface area contributed by atoms with Gasteiger partial charge in [0.1, 0.15) is 0 Å². The van der Waals surface area contributed by atoms with Crippen LogP contribution in [0.4, 0.5) is 0 Å². The Labute approximate surface area is 158 Å². The first-order valence-electron chi connectivity index (χ1n) is 9.59. The van der Waals surface area contributed by atoms with Crippen LogP contribution in [0.25, 0.3) is 38.6 Å². The summed E-state index contributed by atoms with van der Waals surface area (Å²) in [5.41, 5.74) is 12.5. The Morgan fingerprint density at radius 2 is 1.52 bits per heavy atom. The van der Waals surface area contributed by atoms with Crippen LogP contribution in [0, 0.1) is 6.92 Å². The number of rotatable bonds is 0. The van der Waals surface area contributed by atoms with Gasteiger partial charge >= 0.3 is 0 Å². The first-order chi connectivity index (χ1) is 13.3. The first-order valence-corrected chi connectivity index (χ1v) is 9.59. The number of aryl methyl sites for hydroxylation is 1. The fraction of sp³-hybridized carbons (Fsp3) is 0.0400. The third-order valence-corrected chi connectivity index (χ3v) is 6.46. The fourth-order valence-electron chi connectivity index (χ4n) is 5.45. The molecule has 124 valence electrons. The lowest BCUT2D eigenvalue weighted by Gasteiger charge is -2.24. The fourth-order valence-corrected chi connectivity index (χ4v) is 5.45.